The third-order valence-electron chi connectivity index (χ3n) is 3.23. The van der Waals surface area contributed by atoms with Crippen molar-refractivity contribution in [2.24, 2.45) is 0 Å². The molecule has 1 aromatic heterocycles. The van der Waals surface area contributed by atoms with Crippen molar-refractivity contribution >= 4 is 21.6 Å². The fraction of sp³-hybridized carbons (Fsp3) is 0.231. The molecule has 5 heteroatoms. The van der Waals surface area contributed by atoms with E-state index in [0.717, 1.165) is 23.2 Å². The van der Waals surface area contributed by atoms with E-state index in [0.29, 0.717) is 11.6 Å². The second-order valence-electron chi connectivity index (χ2n) is 4.32. The molecule has 0 aliphatic carbocycles. The van der Waals surface area contributed by atoms with E-state index in [4.69, 9.17) is 5.26 Å². The maximum Gasteiger partial charge on any atom is 0.101 e. The van der Waals surface area contributed by atoms with Gasteiger partial charge in [0.15, 0.2) is 0 Å². The van der Waals surface area contributed by atoms with E-state index >= 15 is 0 Å². The summed E-state index contributed by atoms with van der Waals surface area (Å²) in [6.07, 6.45) is 5.61. The van der Waals surface area contributed by atoms with Crippen LogP contribution in [0.3, 0.4) is 0 Å². The van der Waals surface area contributed by atoms with E-state index in [1.165, 1.54) is 0 Å². The Labute approximate surface area is 114 Å². The van der Waals surface area contributed by atoms with Crippen molar-refractivity contribution in [1.29, 1.82) is 5.26 Å². The van der Waals surface area contributed by atoms with Gasteiger partial charge in [-0.1, -0.05) is 6.07 Å². The summed E-state index contributed by atoms with van der Waals surface area (Å²) in [5.41, 5.74) is 1.71. The van der Waals surface area contributed by atoms with Gasteiger partial charge in [0.1, 0.15) is 6.07 Å². The molecule has 1 aliphatic rings. The first-order valence-corrected chi connectivity index (χ1v) is 6.50. The van der Waals surface area contributed by atoms with Crippen molar-refractivity contribution in [3.05, 3.63) is 47.0 Å². The van der Waals surface area contributed by atoms with Gasteiger partial charge in [0.2, 0.25) is 0 Å². The summed E-state index contributed by atoms with van der Waals surface area (Å²) < 4.78 is 3.09. The van der Waals surface area contributed by atoms with Crippen LogP contribution in [-0.4, -0.2) is 22.6 Å². The summed E-state index contributed by atoms with van der Waals surface area (Å²) >= 11 is 3.52. The Morgan fingerprint density at radius 1 is 1.39 bits per heavy atom. The van der Waals surface area contributed by atoms with Crippen molar-refractivity contribution < 1.29 is 0 Å². The Bertz CT molecular complexity index is 594. The predicted octanol–water partition coefficient (Wildman–Crippen LogP) is 2.58. The van der Waals surface area contributed by atoms with E-state index < -0.39 is 0 Å². The van der Waals surface area contributed by atoms with Gasteiger partial charge in [0.25, 0.3) is 0 Å². The molecule has 3 rings (SSSR count). The number of benzene rings is 1. The smallest absolute Gasteiger partial charge is 0.101 e. The zero-order valence-corrected chi connectivity index (χ0v) is 11.2. The van der Waals surface area contributed by atoms with Crippen LogP contribution >= 0.6 is 15.9 Å². The molecule has 0 spiro atoms. The first kappa shape index (κ1) is 11.3. The zero-order chi connectivity index (χ0) is 12.5. The van der Waals surface area contributed by atoms with Crippen LogP contribution in [-0.2, 0) is 0 Å². The lowest BCUT2D eigenvalue weighted by Crippen LogP contribution is -2.48. The van der Waals surface area contributed by atoms with E-state index in [-0.39, 0.29) is 0 Å². The molecule has 1 aliphatic heterocycles. The van der Waals surface area contributed by atoms with Crippen LogP contribution in [0.4, 0.5) is 5.69 Å². The van der Waals surface area contributed by atoms with Gasteiger partial charge in [-0.3, -0.25) is 0 Å². The highest BCUT2D eigenvalue weighted by Gasteiger charge is 2.30. The van der Waals surface area contributed by atoms with E-state index in [9.17, 15) is 0 Å². The molecular weight excluding hydrogens is 292 g/mol. The number of imidazole rings is 1. The number of hydrogen-bond acceptors (Lipinski definition) is 3. The van der Waals surface area contributed by atoms with Crippen LogP contribution in [0.15, 0.2) is 41.4 Å². The summed E-state index contributed by atoms with van der Waals surface area (Å²) in [7, 11) is 0. The van der Waals surface area contributed by atoms with Gasteiger partial charge >= 0.3 is 0 Å². The molecule has 1 aromatic carbocycles. The maximum absolute atomic E-state index is 9.15. The number of anilines is 1. The molecule has 0 bridgehead atoms. The van der Waals surface area contributed by atoms with Crippen molar-refractivity contribution in [3.8, 4) is 6.07 Å². The van der Waals surface area contributed by atoms with E-state index in [2.05, 4.69) is 36.5 Å². The van der Waals surface area contributed by atoms with Gasteiger partial charge in [-0.25, -0.2) is 4.98 Å². The average Bonchev–Trinajstić information content (AvgIpc) is 2.82. The summed E-state index contributed by atoms with van der Waals surface area (Å²) in [6, 6.07) is 8.41. The molecule has 1 saturated heterocycles. The first-order valence-electron chi connectivity index (χ1n) is 5.70. The van der Waals surface area contributed by atoms with E-state index in [1.54, 1.807) is 6.20 Å². The highest BCUT2D eigenvalue weighted by molar-refractivity contribution is 9.10. The molecule has 0 radical (unpaired) electrons. The molecule has 2 aromatic rings. The van der Waals surface area contributed by atoms with Crippen LogP contribution in [0.1, 0.15) is 11.6 Å². The second kappa shape index (κ2) is 4.46. The quantitative estimate of drug-likeness (QED) is 0.856. The standard InChI is InChI=1S/C13H11BrN4/c14-12-3-1-2-10(6-15)13(12)18-7-11(8-18)17-5-4-16-9-17/h1-5,9,11H,7-8H2. The Hall–Kier alpha value is -1.80. The van der Waals surface area contributed by atoms with Crippen LogP contribution in [0.25, 0.3) is 0 Å². The predicted molar refractivity (Wildman–Crippen MR) is 72.3 cm³/mol. The third kappa shape index (κ3) is 1.79. The monoisotopic (exact) mass is 302 g/mol. The molecule has 0 N–H and O–H groups in total. The molecule has 2 heterocycles. The largest absolute Gasteiger partial charge is 0.365 e. The first-order chi connectivity index (χ1) is 8.79. The van der Waals surface area contributed by atoms with Crippen molar-refractivity contribution in [3.63, 3.8) is 0 Å². The Morgan fingerprint density at radius 3 is 2.89 bits per heavy atom. The minimum atomic E-state index is 0.450. The highest BCUT2D eigenvalue weighted by Crippen LogP contribution is 2.35. The highest BCUT2D eigenvalue weighted by atomic mass is 79.9. The summed E-state index contributed by atoms with van der Waals surface area (Å²) in [5, 5.41) is 9.15. The number of halogens is 1. The lowest BCUT2D eigenvalue weighted by atomic mass is 10.0. The number of nitriles is 1. The lowest BCUT2D eigenvalue weighted by molar-refractivity contribution is 0.399. The van der Waals surface area contributed by atoms with E-state index in [1.807, 2.05) is 30.7 Å². The van der Waals surface area contributed by atoms with Gasteiger partial charge in [0.05, 0.1) is 23.6 Å². The molecule has 0 amide bonds. The van der Waals surface area contributed by atoms with Crippen LogP contribution < -0.4 is 4.90 Å². The van der Waals surface area contributed by atoms with Crippen LogP contribution in [0.2, 0.25) is 0 Å². The summed E-state index contributed by atoms with van der Waals surface area (Å²) in [4.78, 5) is 6.27. The number of para-hydroxylation sites is 1. The SMILES string of the molecule is N#Cc1cccc(Br)c1N1CC(n2ccnc2)C1. The van der Waals surface area contributed by atoms with Gasteiger partial charge in [-0.15, -0.1) is 0 Å². The molecule has 0 atom stereocenters. The Balaban J connectivity index is 1.82. The minimum absolute atomic E-state index is 0.450. The number of nitrogens with zero attached hydrogens (tertiary/aromatic N) is 4. The molecule has 1 fully saturated rings. The van der Waals surface area contributed by atoms with Crippen LogP contribution in [0, 0.1) is 11.3 Å². The third-order valence-corrected chi connectivity index (χ3v) is 3.87. The van der Waals surface area contributed by atoms with Gasteiger partial charge < -0.3 is 9.47 Å². The summed E-state index contributed by atoms with van der Waals surface area (Å²) in [6.45, 7) is 1.82. The molecule has 90 valence electrons. The molecular formula is C13H11BrN4. The minimum Gasteiger partial charge on any atom is -0.365 e. The molecule has 18 heavy (non-hydrogen) atoms. The molecule has 4 nitrogen and oxygen atoms in total. The lowest BCUT2D eigenvalue weighted by Gasteiger charge is -2.42. The van der Waals surface area contributed by atoms with Crippen LogP contribution in [0.5, 0.6) is 0 Å². The Morgan fingerprint density at radius 2 is 2.22 bits per heavy atom. The van der Waals surface area contributed by atoms with Crippen molar-refractivity contribution in [1.82, 2.24) is 9.55 Å². The maximum atomic E-state index is 9.15. The Kier molecular flexibility index (Phi) is 2.80. The zero-order valence-electron chi connectivity index (χ0n) is 9.62. The van der Waals surface area contributed by atoms with Crippen molar-refractivity contribution in [2.75, 3.05) is 18.0 Å². The number of aromatic nitrogens is 2. The molecule has 0 unspecified atom stereocenters. The van der Waals surface area contributed by atoms with Gasteiger partial charge in [-0.05, 0) is 28.1 Å². The summed E-state index contributed by atoms with van der Waals surface area (Å²) in [5.74, 6) is 0. The van der Waals surface area contributed by atoms with Crippen molar-refractivity contribution in [2.45, 2.75) is 6.04 Å². The van der Waals surface area contributed by atoms with Gasteiger partial charge in [0, 0.05) is 30.0 Å². The average molecular weight is 303 g/mol. The molecule has 0 saturated carbocycles. The fourth-order valence-electron chi connectivity index (χ4n) is 2.24. The normalized spacial score (nSPS) is 15.2. The topological polar surface area (TPSA) is 44.9 Å². The fourth-order valence-corrected chi connectivity index (χ4v) is 2.86. The number of hydrogen-bond donors (Lipinski definition) is 0. The number of rotatable bonds is 2. The van der Waals surface area contributed by atoms with Gasteiger partial charge in [-0.2, -0.15) is 5.26 Å². The second-order valence-corrected chi connectivity index (χ2v) is 5.17.